The highest BCUT2D eigenvalue weighted by Gasteiger charge is 2.21. The van der Waals surface area contributed by atoms with E-state index >= 15 is 0 Å². The molecule has 0 radical (unpaired) electrons. The molecule has 0 saturated carbocycles. The fourth-order valence-corrected chi connectivity index (χ4v) is 2.31. The lowest BCUT2D eigenvalue weighted by atomic mass is 10.0. The highest BCUT2D eigenvalue weighted by molar-refractivity contribution is 5.29. The van der Waals surface area contributed by atoms with Crippen LogP contribution in [0.5, 0.6) is 5.75 Å². The van der Waals surface area contributed by atoms with Gasteiger partial charge in [0.25, 0.3) is 0 Å². The van der Waals surface area contributed by atoms with Crippen LogP contribution < -0.4 is 10.1 Å². The van der Waals surface area contributed by atoms with E-state index in [9.17, 15) is 0 Å². The van der Waals surface area contributed by atoms with Crippen molar-refractivity contribution in [2.24, 2.45) is 5.92 Å². The number of ether oxygens (including phenoxy) is 1. The zero-order valence-electron chi connectivity index (χ0n) is 11.6. The first kappa shape index (κ1) is 13.4. The molecule has 1 heterocycles. The Bertz CT molecular complexity index is 361. The molecular formula is C15H24N2O. The molecule has 3 heteroatoms. The van der Waals surface area contributed by atoms with E-state index in [1.165, 1.54) is 12.0 Å². The molecule has 0 amide bonds. The van der Waals surface area contributed by atoms with Gasteiger partial charge in [-0.2, -0.15) is 0 Å². The Morgan fingerprint density at radius 2 is 2.00 bits per heavy atom. The molecule has 1 saturated heterocycles. The molecule has 2 atom stereocenters. The predicted octanol–water partition coefficient (Wildman–Crippen LogP) is 2.30. The molecule has 18 heavy (non-hydrogen) atoms. The molecule has 1 N–H and O–H groups in total. The number of benzene rings is 1. The molecular weight excluding hydrogens is 224 g/mol. The summed E-state index contributed by atoms with van der Waals surface area (Å²) < 4.78 is 5.69. The van der Waals surface area contributed by atoms with Crippen LogP contribution in [0.1, 0.15) is 24.9 Å². The second kappa shape index (κ2) is 6.21. The second-order valence-electron chi connectivity index (χ2n) is 5.52. The maximum Gasteiger partial charge on any atom is 0.119 e. The first-order valence-corrected chi connectivity index (χ1v) is 6.76. The third-order valence-corrected chi connectivity index (χ3v) is 3.44. The Morgan fingerprint density at radius 1 is 1.28 bits per heavy atom. The van der Waals surface area contributed by atoms with Crippen LogP contribution in [-0.2, 0) is 0 Å². The minimum absolute atomic E-state index is 0.524. The zero-order chi connectivity index (χ0) is 13.0. The number of nitrogens with one attached hydrogen (secondary N) is 1. The van der Waals surface area contributed by atoms with Crippen LogP contribution in [0.15, 0.2) is 24.3 Å². The second-order valence-corrected chi connectivity index (χ2v) is 5.52. The van der Waals surface area contributed by atoms with Crippen LogP contribution in [0.25, 0.3) is 0 Å². The largest absolute Gasteiger partial charge is 0.492 e. The number of hydrogen-bond acceptors (Lipinski definition) is 3. The summed E-state index contributed by atoms with van der Waals surface area (Å²) >= 11 is 0. The highest BCUT2D eigenvalue weighted by Crippen LogP contribution is 2.27. The van der Waals surface area contributed by atoms with Crippen LogP contribution in [0, 0.1) is 5.92 Å². The molecule has 1 aromatic carbocycles. The smallest absolute Gasteiger partial charge is 0.119 e. The van der Waals surface area contributed by atoms with E-state index in [0.717, 1.165) is 31.4 Å². The van der Waals surface area contributed by atoms with E-state index in [1.54, 1.807) is 0 Å². The molecule has 3 nitrogen and oxygen atoms in total. The lowest BCUT2D eigenvalue weighted by molar-refractivity contribution is 0.261. The fourth-order valence-electron chi connectivity index (χ4n) is 2.31. The van der Waals surface area contributed by atoms with Crippen molar-refractivity contribution in [2.75, 3.05) is 33.8 Å². The first-order valence-electron chi connectivity index (χ1n) is 6.76. The maximum atomic E-state index is 5.69. The normalized spacial score (nSPS) is 23.6. The molecule has 100 valence electrons. The molecule has 1 aliphatic rings. The number of nitrogens with zero attached hydrogens (tertiary/aromatic N) is 1. The summed E-state index contributed by atoms with van der Waals surface area (Å²) in [4.78, 5) is 2.12. The van der Waals surface area contributed by atoms with Crippen molar-refractivity contribution in [1.82, 2.24) is 10.2 Å². The van der Waals surface area contributed by atoms with E-state index in [1.807, 2.05) is 0 Å². The van der Waals surface area contributed by atoms with E-state index in [0.29, 0.717) is 6.04 Å². The summed E-state index contributed by atoms with van der Waals surface area (Å²) in [5, 5.41) is 3.55. The topological polar surface area (TPSA) is 24.5 Å². The lowest BCUT2D eigenvalue weighted by Crippen LogP contribution is -2.19. The van der Waals surface area contributed by atoms with Gasteiger partial charge in [0, 0.05) is 12.6 Å². The maximum absolute atomic E-state index is 5.69. The molecule has 0 aliphatic carbocycles. The summed E-state index contributed by atoms with van der Waals surface area (Å²) in [6, 6.07) is 9.04. The molecule has 0 aromatic heterocycles. The summed E-state index contributed by atoms with van der Waals surface area (Å²) in [5.41, 5.74) is 1.37. The molecule has 2 rings (SSSR count). The van der Waals surface area contributed by atoms with Gasteiger partial charge in [-0.3, -0.25) is 0 Å². The number of hydrogen-bond donors (Lipinski definition) is 1. The Kier molecular flexibility index (Phi) is 4.61. The number of rotatable bonds is 5. The highest BCUT2D eigenvalue weighted by atomic mass is 16.5. The van der Waals surface area contributed by atoms with Crippen molar-refractivity contribution in [3.05, 3.63) is 29.8 Å². The Hall–Kier alpha value is -1.06. The van der Waals surface area contributed by atoms with Crippen LogP contribution in [0.3, 0.4) is 0 Å². The monoisotopic (exact) mass is 248 g/mol. The summed E-state index contributed by atoms with van der Waals surface area (Å²) in [7, 11) is 4.11. The Labute approximate surface area is 110 Å². The van der Waals surface area contributed by atoms with Crippen molar-refractivity contribution in [3.8, 4) is 5.75 Å². The average molecular weight is 248 g/mol. The standard InChI is InChI=1S/C15H24N2O/c1-12-10-15(16-11-12)13-4-6-14(7-5-13)18-9-8-17(2)3/h4-7,12,15-16H,8-11H2,1-3H3/t12-,15-/m1/s1. The van der Waals surface area contributed by atoms with E-state index < -0.39 is 0 Å². The zero-order valence-corrected chi connectivity index (χ0v) is 11.6. The van der Waals surface area contributed by atoms with Crippen LogP contribution in [-0.4, -0.2) is 38.7 Å². The SMILES string of the molecule is C[C@H]1CN[C@@H](c2ccc(OCCN(C)C)cc2)C1. The molecule has 1 aromatic rings. The third-order valence-electron chi connectivity index (χ3n) is 3.44. The van der Waals surface area contributed by atoms with Crippen molar-refractivity contribution < 1.29 is 4.74 Å². The van der Waals surface area contributed by atoms with Gasteiger partial charge in [0.1, 0.15) is 12.4 Å². The van der Waals surface area contributed by atoms with Gasteiger partial charge in [0.2, 0.25) is 0 Å². The van der Waals surface area contributed by atoms with Gasteiger partial charge in [0.15, 0.2) is 0 Å². The third kappa shape index (κ3) is 3.72. The first-order chi connectivity index (χ1) is 8.65. The number of likely N-dealkylation sites (N-methyl/N-ethyl adjacent to an activating group) is 1. The van der Waals surface area contributed by atoms with Gasteiger partial charge in [-0.05, 0) is 50.7 Å². The summed E-state index contributed by atoms with van der Waals surface area (Å²) in [5.74, 6) is 1.75. The average Bonchev–Trinajstić information content (AvgIpc) is 2.76. The van der Waals surface area contributed by atoms with E-state index in [-0.39, 0.29) is 0 Å². The van der Waals surface area contributed by atoms with Crippen molar-refractivity contribution in [3.63, 3.8) is 0 Å². The fraction of sp³-hybridized carbons (Fsp3) is 0.600. The summed E-state index contributed by atoms with van der Waals surface area (Å²) in [6.45, 7) is 5.12. The van der Waals surface area contributed by atoms with Gasteiger partial charge in [0.05, 0.1) is 0 Å². The van der Waals surface area contributed by atoms with Crippen molar-refractivity contribution in [1.29, 1.82) is 0 Å². The van der Waals surface area contributed by atoms with Gasteiger partial charge in [-0.1, -0.05) is 19.1 Å². The van der Waals surface area contributed by atoms with Crippen LogP contribution >= 0.6 is 0 Å². The molecule has 1 aliphatic heterocycles. The molecule has 0 bridgehead atoms. The molecule has 1 fully saturated rings. The summed E-state index contributed by atoms with van der Waals surface area (Å²) in [6.07, 6.45) is 1.24. The van der Waals surface area contributed by atoms with Crippen molar-refractivity contribution >= 4 is 0 Å². The predicted molar refractivity (Wildman–Crippen MR) is 75.0 cm³/mol. The quantitative estimate of drug-likeness (QED) is 0.865. The minimum Gasteiger partial charge on any atom is -0.492 e. The Balaban J connectivity index is 1.85. The molecule has 0 unspecified atom stereocenters. The van der Waals surface area contributed by atoms with Gasteiger partial charge in [-0.25, -0.2) is 0 Å². The van der Waals surface area contributed by atoms with E-state index in [2.05, 4.69) is 55.5 Å². The minimum atomic E-state index is 0.524. The van der Waals surface area contributed by atoms with Crippen molar-refractivity contribution in [2.45, 2.75) is 19.4 Å². The van der Waals surface area contributed by atoms with E-state index in [4.69, 9.17) is 4.74 Å². The molecule has 0 spiro atoms. The van der Waals surface area contributed by atoms with Gasteiger partial charge in [-0.15, -0.1) is 0 Å². The van der Waals surface area contributed by atoms with Gasteiger partial charge < -0.3 is 15.0 Å². The van der Waals surface area contributed by atoms with Gasteiger partial charge >= 0.3 is 0 Å². The van der Waals surface area contributed by atoms with Crippen LogP contribution in [0.4, 0.5) is 0 Å². The van der Waals surface area contributed by atoms with Crippen LogP contribution in [0.2, 0.25) is 0 Å². The lowest BCUT2D eigenvalue weighted by Gasteiger charge is -2.13. The Morgan fingerprint density at radius 3 is 2.56 bits per heavy atom.